The van der Waals surface area contributed by atoms with Gasteiger partial charge in [0, 0.05) is 37.0 Å². The van der Waals surface area contributed by atoms with E-state index in [0.29, 0.717) is 23.8 Å². The molecule has 0 radical (unpaired) electrons. The maximum atomic E-state index is 10.9. The molecule has 20 heavy (non-hydrogen) atoms. The van der Waals surface area contributed by atoms with E-state index >= 15 is 0 Å². The number of oxazole rings is 1. The van der Waals surface area contributed by atoms with Gasteiger partial charge in [-0.15, -0.1) is 0 Å². The molecular formula is C13H16N4O3. The van der Waals surface area contributed by atoms with Crippen LogP contribution in [0.5, 0.6) is 0 Å². The number of nitro groups is 1. The fourth-order valence-corrected chi connectivity index (χ4v) is 1.73. The second kappa shape index (κ2) is 6.05. The lowest BCUT2D eigenvalue weighted by Crippen LogP contribution is -2.01. The molecule has 7 nitrogen and oxygen atoms in total. The van der Waals surface area contributed by atoms with Crippen LogP contribution < -0.4 is 10.6 Å². The molecule has 7 heteroatoms. The van der Waals surface area contributed by atoms with Crippen molar-refractivity contribution in [2.75, 3.05) is 17.7 Å². The van der Waals surface area contributed by atoms with Gasteiger partial charge in [0.1, 0.15) is 5.76 Å². The van der Waals surface area contributed by atoms with Crippen molar-refractivity contribution in [1.29, 1.82) is 0 Å². The Morgan fingerprint density at radius 3 is 2.70 bits per heavy atom. The van der Waals surface area contributed by atoms with Crippen LogP contribution in [-0.2, 0) is 13.0 Å². The molecule has 0 aliphatic carbocycles. The molecule has 0 unspecified atom stereocenters. The summed E-state index contributed by atoms with van der Waals surface area (Å²) in [6.45, 7) is 2.36. The van der Waals surface area contributed by atoms with Gasteiger partial charge in [-0.1, -0.05) is 6.92 Å². The van der Waals surface area contributed by atoms with Crippen molar-refractivity contribution in [3.63, 3.8) is 0 Å². The number of hydrogen-bond donors (Lipinski definition) is 2. The van der Waals surface area contributed by atoms with E-state index in [1.54, 1.807) is 19.3 Å². The first-order valence-electron chi connectivity index (χ1n) is 6.27. The van der Waals surface area contributed by atoms with Crippen LogP contribution in [-0.4, -0.2) is 17.0 Å². The Morgan fingerprint density at radius 2 is 2.10 bits per heavy atom. The summed E-state index contributed by atoms with van der Waals surface area (Å²) < 4.78 is 5.47. The predicted octanol–water partition coefficient (Wildman–Crippen LogP) is 2.80. The number of anilines is 2. The van der Waals surface area contributed by atoms with Crippen LogP contribution in [0.15, 0.2) is 28.8 Å². The third-order valence-electron chi connectivity index (χ3n) is 2.81. The lowest BCUT2D eigenvalue weighted by molar-refractivity contribution is -0.384. The summed E-state index contributed by atoms with van der Waals surface area (Å²) in [6.07, 6.45) is 2.47. The SMILES string of the molecule is CCc1cnc(CNc2cc(NC)cc([N+](=O)[O-])c2)o1. The number of benzene rings is 1. The number of nitrogens with zero attached hydrogens (tertiary/aromatic N) is 2. The highest BCUT2D eigenvalue weighted by Gasteiger charge is 2.10. The average molecular weight is 276 g/mol. The molecule has 1 heterocycles. The van der Waals surface area contributed by atoms with Crippen LogP contribution in [0, 0.1) is 10.1 Å². The first-order valence-corrected chi connectivity index (χ1v) is 6.27. The van der Waals surface area contributed by atoms with Crippen LogP contribution >= 0.6 is 0 Å². The van der Waals surface area contributed by atoms with Crippen molar-refractivity contribution in [3.8, 4) is 0 Å². The van der Waals surface area contributed by atoms with E-state index in [0.717, 1.165) is 12.2 Å². The summed E-state index contributed by atoms with van der Waals surface area (Å²) in [5.74, 6) is 1.37. The molecule has 0 fully saturated rings. The van der Waals surface area contributed by atoms with Crippen LogP contribution in [0.25, 0.3) is 0 Å². The topological polar surface area (TPSA) is 93.2 Å². The van der Waals surface area contributed by atoms with E-state index in [2.05, 4.69) is 15.6 Å². The van der Waals surface area contributed by atoms with Gasteiger partial charge >= 0.3 is 0 Å². The minimum Gasteiger partial charge on any atom is -0.444 e. The van der Waals surface area contributed by atoms with Crippen molar-refractivity contribution < 1.29 is 9.34 Å². The van der Waals surface area contributed by atoms with Gasteiger partial charge in [0.25, 0.3) is 5.69 Å². The largest absolute Gasteiger partial charge is 0.444 e. The minimum absolute atomic E-state index is 0.0287. The second-order valence-electron chi connectivity index (χ2n) is 4.20. The van der Waals surface area contributed by atoms with Crippen molar-refractivity contribution in [2.45, 2.75) is 19.9 Å². The van der Waals surface area contributed by atoms with Gasteiger partial charge in [0.15, 0.2) is 0 Å². The van der Waals surface area contributed by atoms with E-state index in [1.807, 2.05) is 6.92 Å². The normalized spacial score (nSPS) is 10.3. The first-order chi connectivity index (χ1) is 9.62. The van der Waals surface area contributed by atoms with Crippen molar-refractivity contribution in [2.24, 2.45) is 0 Å². The molecule has 2 aromatic rings. The highest BCUT2D eigenvalue weighted by Crippen LogP contribution is 2.24. The number of rotatable bonds is 6. The molecule has 0 saturated heterocycles. The molecule has 0 saturated carbocycles. The van der Waals surface area contributed by atoms with E-state index in [4.69, 9.17) is 4.42 Å². The second-order valence-corrected chi connectivity index (χ2v) is 4.20. The van der Waals surface area contributed by atoms with E-state index in [-0.39, 0.29) is 5.69 Å². The Hall–Kier alpha value is -2.57. The zero-order chi connectivity index (χ0) is 14.5. The van der Waals surface area contributed by atoms with Gasteiger partial charge in [-0.3, -0.25) is 10.1 Å². The number of hydrogen-bond acceptors (Lipinski definition) is 6. The van der Waals surface area contributed by atoms with Crippen LogP contribution in [0.1, 0.15) is 18.6 Å². The molecule has 1 aromatic carbocycles. The first kappa shape index (κ1) is 13.9. The summed E-state index contributed by atoms with van der Waals surface area (Å²) in [4.78, 5) is 14.6. The fraction of sp³-hybridized carbons (Fsp3) is 0.308. The average Bonchev–Trinajstić information content (AvgIpc) is 2.92. The highest BCUT2D eigenvalue weighted by molar-refractivity contribution is 5.63. The molecule has 0 atom stereocenters. The summed E-state index contributed by atoms with van der Waals surface area (Å²) in [5, 5.41) is 16.8. The van der Waals surface area contributed by atoms with Crippen LogP contribution in [0.3, 0.4) is 0 Å². The number of non-ortho nitro benzene ring substituents is 1. The van der Waals surface area contributed by atoms with Gasteiger partial charge in [-0.2, -0.15) is 0 Å². The third-order valence-corrected chi connectivity index (χ3v) is 2.81. The van der Waals surface area contributed by atoms with Gasteiger partial charge in [0.05, 0.1) is 17.7 Å². The Kier molecular flexibility index (Phi) is 4.19. The summed E-state index contributed by atoms with van der Waals surface area (Å²) >= 11 is 0. The quantitative estimate of drug-likeness (QED) is 0.622. The molecule has 2 rings (SSSR count). The van der Waals surface area contributed by atoms with Gasteiger partial charge in [-0.05, 0) is 6.07 Å². The van der Waals surface area contributed by atoms with Gasteiger partial charge < -0.3 is 15.1 Å². The molecule has 106 valence electrons. The molecule has 0 amide bonds. The lowest BCUT2D eigenvalue weighted by Gasteiger charge is -2.07. The minimum atomic E-state index is -0.424. The Morgan fingerprint density at radius 1 is 1.35 bits per heavy atom. The Balaban J connectivity index is 2.12. The zero-order valence-corrected chi connectivity index (χ0v) is 11.3. The zero-order valence-electron chi connectivity index (χ0n) is 11.3. The van der Waals surface area contributed by atoms with E-state index in [9.17, 15) is 10.1 Å². The Labute approximate surface area is 116 Å². The monoisotopic (exact) mass is 276 g/mol. The predicted molar refractivity (Wildman–Crippen MR) is 75.9 cm³/mol. The number of aromatic nitrogens is 1. The summed E-state index contributed by atoms with van der Waals surface area (Å²) in [7, 11) is 1.71. The number of nitro benzene ring substituents is 1. The summed E-state index contributed by atoms with van der Waals surface area (Å²) in [6, 6.07) is 4.74. The van der Waals surface area contributed by atoms with Gasteiger partial charge in [-0.25, -0.2) is 4.98 Å². The van der Waals surface area contributed by atoms with Crippen molar-refractivity contribution in [1.82, 2.24) is 4.98 Å². The third kappa shape index (κ3) is 3.25. The maximum Gasteiger partial charge on any atom is 0.273 e. The fourth-order valence-electron chi connectivity index (χ4n) is 1.73. The van der Waals surface area contributed by atoms with Gasteiger partial charge in [0.2, 0.25) is 5.89 Å². The molecule has 0 bridgehead atoms. The molecular weight excluding hydrogens is 260 g/mol. The standard InChI is InChI=1S/C13H16N4O3/c1-3-12-7-16-13(20-12)8-15-10-4-9(14-2)5-11(6-10)17(18)19/h4-7,14-15H,3,8H2,1-2H3. The van der Waals surface area contributed by atoms with E-state index < -0.39 is 4.92 Å². The molecule has 0 aliphatic heterocycles. The lowest BCUT2D eigenvalue weighted by atomic mass is 10.2. The number of nitrogens with one attached hydrogen (secondary N) is 2. The molecule has 0 spiro atoms. The van der Waals surface area contributed by atoms with Crippen LogP contribution in [0.4, 0.5) is 17.1 Å². The van der Waals surface area contributed by atoms with Crippen molar-refractivity contribution >= 4 is 17.1 Å². The Bertz CT molecular complexity index is 609. The molecule has 1 aromatic heterocycles. The highest BCUT2D eigenvalue weighted by atomic mass is 16.6. The molecule has 2 N–H and O–H groups in total. The van der Waals surface area contributed by atoms with Crippen LogP contribution in [0.2, 0.25) is 0 Å². The summed E-state index contributed by atoms with van der Waals surface area (Å²) in [5.41, 5.74) is 1.34. The molecule has 0 aliphatic rings. The van der Waals surface area contributed by atoms with E-state index in [1.165, 1.54) is 12.1 Å². The maximum absolute atomic E-state index is 10.9. The number of aryl methyl sites for hydroxylation is 1. The smallest absolute Gasteiger partial charge is 0.273 e. The van der Waals surface area contributed by atoms with Crippen molar-refractivity contribution in [3.05, 3.63) is 46.2 Å².